The lowest BCUT2D eigenvalue weighted by Crippen LogP contribution is -2.09. The van der Waals surface area contributed by atoms with E-state index in [1.165, 1.54) is 16.5 Å². The summed E-state index contributed by atoms with van der Waals surface area (Å²) in [6.45, 7) is 4.32. The molecule has 1 unspecified atom stereocenters. The van der Waals surface area contributed by atoms with E-state index in [9.17, 15) is 0 Å². The van der Waals surface area contributed by atoms with Crippen molar-refractivity contribution in [3.8, 4) is 0 Å². The predicted molar refractivity (Wildman–Crippen MR) is 47.2 cm³/mol. The molecular formula is C6H11NS2. The third kappa shape index (κ3) is 2.22. The van der Waals surface area contributed by atoms with Crippen molar-refractivity contribution in [3.63, 3.8) is 0 Å². The van der Waals surface area contributed by atoms with Gasteiger partial charge < -0.3 is 0 Å². The molecule has 0 aliphatic carbocycles. The van der Waals surface area contributed by atoms with Crippen molar-refractivity contribution >= 4 is 27.9 Å². The van der Waals surface area contributed by atoms with Gasteiger partial charge in [0.15, 0.2) is 0 Å². The molecule has 0 N–H and O–H groups in total. The van der Waals surface area contributed by atoms with Crippen molar-refractivity contribution in [2.75, 3.05) is 5.75 Å². The third-order valence-corrected chi connectivity index (χ3v) is 3.35. The Morgan fingerprint density at radius 3 is 2.89 bits per heavy atom. The smallest absolute Gasteiger partial charge is 0.127 e. The highest BCUT2D eigenvalue weighted by Crippen LogP contribution is 2.32. The van der Waals surface area contributed by atoms with Gasteiger partial charge in [-0.3, -0.25) is 4.99 Å². The molecule has 1 aliphatic heterocycles. The van der Waals surface area contributed by atoms with Crippen molar-refractivity contribution in [1.29, 1.82) is 0 Å². The van der Waals surface area contributed by atoms with Gasteiger partial charge in [-0.2, -0.15) is 0 Å². The van der Waals surface area contributed by atoms with Gasteiger partial charge in [-0.05, 0) is 19.1 Å². The van der Waals surface area contributed by atoms with Gasteiger partial charge in [-0.25, -0.2) is 0 Å². The van der Waals surface area contributed by atoms with E-state index >= 15 is 0 Å². The van der Waals surface area contributed by atoms with Crippen molar-refractivity contribution < 1.29 is 0 Å². The van der Waals surface area contributed by atoms with Gasteiger partial charge in [-0.1, -0.05) is 30.4 Å². The number of hydrogen-bond acceptors (Lipinski definition) is 3. The lowest BCUT2D eigenvalue weighted by Gasteiger charge is -2.18. The van der Waals surface area contributed by atoms with E-state index in [2.05, 4.69) is 18.8 Å². The van der Waals surface area contributed by atoms with Crippen LogP contribution in [0.1, 0.15) is 20.3 Å². The van der Waals surface area contributed by atoms with Gasteiger partial charge >= 0.3 is 0 Å². The molecular weight excluding hydrogens is 150 g/mol. The Balaban J connectivity index is 2.09. The average Bonchev–Trinajstić information content (AvgIpc) is 1.78. The number of rotatable bonds is 2. The molecule has 1 nitrogen and oxygen atoms in total. The fourth-order valence-corrected chi connectivity index (χ4v) is 2.69. The highest BCUT2D eigenvalue weighted by molar-refractivity contribution is 8.40. The maximum absolute atomic E-state index is 4.30. The van der Waals surface area contributed by atoms with E-state index < -0.39 is 0 Å². The molecule has 52 valence electrons. The minimum absolute atomic E-state index is 0.532. The molecule has 0 fully saturated rings. The SMILES string of the molecule is CCCSC1=NC(C)S1. The summed E-state index contributed by atoms with van der Waals surface area (Å²) in [5, 5.41) is 0.532. The average molecular weight is 161 g/mol. The van der Waals surface area contributed by atoms with Crippen LogP contribution in [0.15, 0.2) is 4.99 Å². The second-order valence-corrected chi connectivity index (χ2v) is 4.61. The summed E-state index contributed by atoms with van der Waals surface area (Å²) in [7, 11) is 0. The molecule has 3 heteroatoms. The van der Waals surface area contributed by atoms with Gasteiger partial charge in [-0.15, -0.1) is 0 Å². The largest absolute Gasteiger partial charge is 0.257 e. The molecule has 9 heavy (non-hydrogen) atoms. The molecule has 0 aromatic carbocycles. The number of hydrogen-bond donors (Lipinski definition) is 0. The van der Waals surface area contributed by atoms with Crippen LogP contribution in [0, 0.1) is 0 Å². The molecule has 0 saturated carbocycles. The van der Waals surface area contributed by atoms with E-state index in [0.29, 0.717) is 5.37 Å². The zero-order valence-electron chi connectivity index (χ0n) is 5.76. The Bertz CT molecular complexity index is 122. The van der Waals surface area contributed by atoms with Crippen LogP contribution in [0.25, 0.3) is 0 Å². The van der Waals surface area contributed by atoms with Crippen LogP contribution in [0.3, 0.4) is 0 Å². The van der Waals surface area contributed by atoms with Gasteiger partial charge in [0.25, 0.3) is 0 Å². The predicted octanol–water partition coefficient (Wildman–Crippen LogP) is 2.58. The van der Waals surface area contributed by atoms with Crippen LogP contribution in [-0.2, 0) is 0 Å². The zero-order valence-corrected chi connectivity index (χ0v) is 7.39. The van der Waals surface area contributed by atoms with Crippen molar-refractivity contribution in [1.82, 2.24) is 0 Å². The standard InChI is InChI=1S/C6H11NS2/c1-3-4-8-6-7-5(2)9-6/h5H,3-4H2,1-2H3. The number of thioether (sulfide) groups is 2. The van der Waals surface area contributed by atoms with Crippen molar-refractivity contribution in [2.24, 2.45) is 4.99 Å². The van der Waals surface area contributed by atoms with Crippen LogP contribution in [0.4, 0.5) is 0 Å². The van der Waals surface area contributed by atoms with Crippen LogP contribution < -0.4 is 0 Å². The number of aliphatic imine (C=N–C) groups is 1. The molecule has 0 saturated heterocycles. The molecule has 0 aromatic heterocycles. The second-order valence-electron chi connectivity index (χ2n) is 1.96. The maximum Gasteiger partial charge on any atom is 0.127 e. The highest BCUT2D eigenvalue weighted by Gasteiger charge is 2.16. The molecule has 1 aliphatic rings. The summed E-state index contributed by atoms with van der Waals surface area (Å²) in [6.07, 6.45) is 1.25. The summed E-state index contributed by atoms with van der Waals surface area (Å²) in [4.78, 5) is 4.30. The first kappa shape index (κ1) is 7.48. The van der Waals surface area contributed by atoms with E-state index in [1.54, 1.807) is 0 Å². The van der Waals surface area contributed by atoms with Gasteiger partial charge in [0, 0.05) is 0 Å². The van der Waals surface area contributed by atoms with Crippen LogP contribution in [0.5, 0.6) is 0 Å². The number of nitrogens with zero attached hydrogens (tertiary/aromatic N) is 1. The Kier molecular flexibility index (Phi) is 2.92. The Morgan fingerprint density at radius 2 is 2.44 bits per heavy atom. The maximum atomic E-state index is 4.30. The Labute approximate surface area is 64.7 Å². The molecule has 0 spiro atoms. The third-order valence-electron chi connectivity index (χ3n) is 0.988. The lowest BCUT2D eigenvalue weighted by molar-refractivity contribution is 1.04. The quantitative estimate of drug-likeness (QED) is 0.617. The first-order valence-electron chi connectivity index (χ1n) is 3.20. The van der Waals surface area contributed by atoms with Gasteiger partial charge in [0.2, 0.25) is 0 Å². The molecule has 0 bridgehead atoms. The normalized spacial score (nSPS) is 25.1. The summed E-state index contributed by atoms with van der Waals surface area (Å²) in [5.41, 5.74) is 0. The highest BCUT2D eigenvalue weighted by atomic mass is 32.2. The minimum Gasteiger partial charge on any atom is -0.257 e. The molecule has 0 radical (unpaired) electrons. The Hall–Kier alpha value is 0.370. The van der Waals surface area contributed by atoms with E-state index in [-0.39, 0.29) is 0 Å². The van der Waals surface area contributed by atoms with E-state index in [0.717, 1.165) is 0 Å². The lowest BCUT2D eigenvalue weighted by atomic mass is 10.6. The minimum atomic E-state index is 0.532. The monoisotopic (exact) mass is 161 g/mol. The second kappa shape index (κ2) is 3.52. The van der Waals surface area contributed by atoms with Crippen LogP contribution >= 0.6 is 23.5 Å². The molecule has 1 heterocycles. The van der Waals surface area contributed by atoms with Crippen molar-refractivity contribution in [3.05, 3.63) is 0 Å². The van der Waals surface area contributed by atoms with Gasteiger partial charge in [0.05, 0.1) is 0 Å². The van der Waals surface area contributed by atoms with E-state index in [1.807, 2.05) is 23.5 Å². The topological polar surface area (TPSA) is 12.4 Å². The van der Waals surface area contributed by atoms with Crippen LogP contribution in [0.2, 0.25) is 0 Å². The summed E-state index contributed by atoms with van der Waals surface area (Å²) in [5.74, 6) is 1.22. The molecule has 1 rings (SSSR count). The summed E-state index contributed by atoms with van der Waals surface area (Å²) in [6, 6.07) is 0. The van der Waals surface area contributed by atoms with Crippen molar-refractivity contribution in [2.45, 2.75) is 25.6 Å². The fraction of sp³-hybridized carbons (Fsp3) is 0.833. The van der Waals surface area contributed by atoms with E-state index in [4.69, 9.17) is 0 Å². The first-order chi connectivity index (χ1) is 4.33. The summed E-state index contributed by atoms with van der Waals surface area (Å²) >= 11 is 3.76. The van der Waals surface area contributed by atoms with Crippen LogP contribution in [-0.4, -0.2) is 15.5 Å². The molecule has 0 aromatic rings. The first-order valence-corrected chi connectivity index (χ1v) is 5.06. The van der Waals surface area contributed by atoms with Gasteiger partial charge in [0.1, 0.15) is 9.75 Å². The fourth-order valence-electron chi connectivity index (χ4n) is 0.563. The molecule has 0 amide bonds. The Morgan fingerprint density at radius 1 is 1.78 bits per heavy atom. The molecule has 1 atom stereocenters. The zero-order chi connectivity index (χ0) is 6.69. The summed E-state index contributed by atoms with van der Waals surface area (Å²) < 4.78 is 1.28.